The molecule has 0 fully saturated rings. The quantitative estimate of drug-likeness (QED) is 0.433. The molecule has 4 N–H and O–H groups in total. The first-order chi connectivity index (χ1) is 15.9. The number of hydrogen-bond acceptors (Lipinski definition) is 7. The van der Waals surface area contributed by atoms with E-state index >= 15 is 0 Å². The number of nitrogens with two attached hydrogens (primary N) is 1. The normalized spacial score (nSPS) is 13.4. The maximum atomic E-state index is 12.8. The summed E-state index contributed by atoms with van der Waals surface area (Å²) in [4.78, 5) is 36.1. The molecule has 2 amide bonds. The van der Waals surface area contributed by atoms with E-state index in [0.717, 1.165) is 41.5 Å². The number of rotatable bonds is 9. The highest BCUT2D eigenvalue weighted by Crippen LogP contribution is 2.38. The van der Waals surface area contributed by atoms with E-state index in [0.29, 0.717) is 12.5 Å². The van der Waals surface area contributed by atoms with Crippen molar-refractivity contribution in [2.45, 2.75) is 36.8 Å². The topological polar surface area (TPSA) is 145 Å². The van der Waals surface area contributed by atoms with E-state index in [2.05, 4.69) is 5.32 Å². The minimum absolute atomic E-state index is 0.251. The number of ether oxygens (including phenoxy) is 1. The molecule has 0 unspecified atom stereocenters. The van der Waals surface area contributed by atoms with Gasteiger partial charge in [-0.3, -0.25) is 14.4 Å². The average Bonchev–Trinajstić information content (AvgIpc) is 3.32. The lowest BCUT2D eigenvalue weighted by Crippen LogP contribution is -2.28. The van der Waals surface area contributed by atoms with Crippen molar-refractivity contribution in [1.29, 1.82) is 0 Å². The highest BCUT2D eigenvalue weighted by atomic mass is 32.2. The Hall–Kier alpha value is -2.97. The number of alkyl halides is 3. The lowest BCUT2D eigenvalue weighted by atomic mass is 10.1. The van der Waals surface area contributed by atoms with Gasteiger partial charge in [-0.15, -0.1) is 11.3 Å². The van der Waals surface area contributed by atoms with E-state index < -0.39 is 64.0 Å². The Morgan fingerprint density at radius 2 is 1.91 bits per heavy atom. The van der Waals surface area contributed by atoms with Crippen molar-refractivity contribution in [3.63, 3.8) is 0 Å². The van der Waals surface area contributed by atoms with Gasteiger partial charge in [0.2, 0.25) is 10.0 Å². The van der Waals surface area contributed by atoms with Gasteiger partial charge in [-0.1, -0.05) is 6.07 Å². The molecule has 1 aromatic heterocycles. The highest BCUT2D eigenvalue weighted by molar-refractivity contribution is 7.89. The predicted octanol–water partition coefficient (Wildman–Crippen LogP) is 2.20. The number of carbonyl (C=O) groups is 3. The fourth-order valence-electron chi connectivity index (χ4n) is 3.34. The van der Waals surface area contributed by atoms with Crippen LogP contribution in [0.2, 0.25) is 0 Å². The van der Waals surface area contributed by atoms with Crippen molar-refractivity contribution < 1.29 is 40.7 Å². The van der Waals surface area contributed by atoms with Gasteiger partial charge in [-0.2, -0.15) is 13.2 Å². The van der Waals surface area contributed by atoms with Gasteiger partial charge in [0.05, 0.1) is 22.4 Å². The average molecular weight is 520 g/mol. The molecule has 1 aliphatic rings. The van der Waals surface area contributed by atoms with E-state index in [-0.39, 0.29) is 10.6 Å². The maximum absolute atomic E-state index is 12.8. The second-order valence-electron chi connectivity index (χ2n) is 7.31. The van der Waals surface area contributed by atoms with E-state index in [4.69, 9.17) is 10.5 Å². The fraction of sp³-hybridized carbons (Fsp3) is 0.350. The van der Waals surface area contributed by atoms with Gasteiger partial charge in [0.15, 0.2) is 6.61 Å². The Bertz CT molecular complexity index is 1220. The zero-order valence-corrected chi connectivity index (χ0v) is 19.2. The molecule has 0 radical (unpaired) electrons. The number of nitrogens with one attached hydrogen (secondary N) is 2. The zero-order valence-electron chi connectivity index (χ0n) is 17.5. The summed E-state index contributed by atoms with van der Waals surface area (Å²) in [6, 6.07) is 3.15. The standard InChI is InChI=1S/C20H20F3N3O6S2/c21-20(22,23)11-3-1-4-12(9-11)34(30,31)25-8-7-16(28)32-10-15(27)26-19-17(18(24)29)13-5-2-6-14(13)33-19/h1,3-4,9,25H,2,5-8,10H2,(H2,24,29)(H,26,27). The summed E-state index contributed by atoms with van der Waals surface area (Å²) >= 11 is 1.24. The van der Waals surface area contributed by atoms with Crippen LogP contribution in [0, 0.1) is 0 Å². The third-order valence-electron chi connectivity index (χ3n) is 4.88. The smallest absolute Gasteiger partial charge is 0.416 e. The van der Waals surface area contributed by atoms with E-state index in [1.54, 1.807) is 0 Å². The van der Waals surface area contributed by atoms with E-state index in [1.165, 1.54) is 11.3 Å². The monoisotopic (exact) mass is 519 g/mol. The predicted molar refractivity (Wildman–Crippen MR) is 116 cm³/mol. The first kappa shape index (κ1) is 25.6. The van der Waals surface area contributed by atoms with Gasteiger partial charge < -0.3 is 15.8 Å². The summed E-state index contributed by atoms with van der Waals surface area (Å²) < 4.78 is 69.5. The number of anilines is 1. The third-order valence-corrected chi connectivity index (χ3v) is 7.54. The summed E-state index contributed by atoms with van der Waals surface area (Å²) in [5.74, 6) is -2.29. The number of benzene rings is 1. The van der Waals surface area contributed by atoms with Crippen LogP contribution < -0.4 is 15.8 Å². The van der Waals surface area contributed by atoms with Crippen LogP contribution in [-0.2, 0) is 43.4 Å². The number of fused-ring (bicyclic) bond motifs is 1. The molecule has 0 aliphatic heterocycles. The number of aryl methyl sites for hydroxylation is 1. The SMILES string of the molecule is NC(=O)c1c(NC(=O)COC(=O)CCNS(=O)(=O)c2cccc(C(F)(F)F)c2)sc2c1CCC2. The van der Waals surface area contributed by atoms with Crippen LogP contribution in [0.3, 0.4) is 0 Å². The summed E-state index contributed by atoms with van der Waals surface area (Å²) in [5.41, 5.74) is 5.35. The number of esters is 1. The minimum Gasteiger partial charge on any atom is -0.456 e. The van der Waals surface area contributed by atoms with Crippen molar-refractivity contribution >= 4 is 44.1 Å². The van der Waals surface area contributed by atoms with Crippen LogP contribution in [0.15, 0.2) is 29.2 Å². The molecule has 34 heavy (non-hydrogen) atoms. The molecule has 3 rings (SSSR count). The van der Waals surface area contributed by atoms with Gasteiger partial charge in [-0.25, -0.2) is 13.1 Å². The van der Waals surface area contributed by atoms with Crippen LogP contribution >= 0.6 is 11.3 Å². The van der Waals surface area contributed by atoms with Gasteiger partial charge >= 0.3 is 12.1 Å². The molecular weight excluding hydrogens is 499 g/mol. The number of halogens is 3. The van der Waals surface area contributed by atoms with Crippen molar-refractivity contribution in [2.24, 2.45) is 5.73 Å². The number of carbonyl (C=O) groups excluding carboxylic acids is 3. The van der Waals surface area contributed by atoms with Crippen LogP contribution in [0.25, 0.3) is 0 Å². The number of sulfonamides is 1. The molecule has 0 bridgehead atoms. The molecule has 0 spiro atoms. The number of primary amides is 1. The van der Waals surface area contributed by atoms with Gasteiger partial charge in [0.25, 0.3) is 11.8 Å². The molecule has 0 saturated carbocycles. The summed E-state index contributed by atoms with van der Waals surface area (Å²) in [6.07, 6.45) is -2.82. The zero-order chi connectivity index (χ0) is 25.1. The second-order valence-corrected chi connectivity index (χ2v) is 10.2. The van der Waals surface area contributed by atoms with Gasteiger partial charge in [-0.05, 0) is 43.0 Å². The molecule has 2 aromatic rings. The molecular formula is C20H20F3N3O6S2. The van der Waals surface area contributed by atoms with Crippen LogP contribution in [-0.4, -0.2) is 39.4 Å². The van der Waals surface area contributed by atoms with Crippen LogP contribution in [0.5, 0.6) is 0 Å². The Kier molecular flexibility index (Phi) is 7.63. The minimum atomic E-state index is -4.71. The van der Waals surface area contributed by atoms with Crippen LogP contribution in [0.1, 0.15) is 39.2 Å². The molecule has 1 aromatic carbocycles. The fourth-order valence-corrected chi connectivity index (χ4v) is 5.73. The molecule has 0 saturated heterocycles. The molecule has 9 nitrogen and oxygen atoms in total. The third kappa shape index (κ3) is 6.12. The molecule has 184 valence electrons. The van der Waals surface area contributed by atoms with Gasteiger partial charge in [0.1, 0.15) is 5.00 Å². The summed E-state index contributed by atoms with van der Waals surface area (Å²) in [5, 5.41) is 2.78. The second kappa shape index (κ2) is 10.1. The first-order valence-electron chi connectivity index (χ1n) is 9.95. The lowest BCUT2D eigenvalue weighted by Gasteiger charge is -2.10. The summed E-state index contributed by atoms with van der Waals surface area (Å²) in [6.45, 7) is -1.14. The van der Waals surface area contributed by atoms with Crippen molar-refractivity contribution in [3.05, 3.63) is 45.8 Å². The van der Waals surface area contributed by atoms with E-state index in [9.17, 15) is 36.0 Å². The molecule has 1 aliphatic carbocycles. The van der Waals surface area contributed by atoms with Crippen LogP contribution in [0.4, 0.5) is 18.2 Å². The Morgan fingerprint density at radius 1 is 1.18 bits per heavy atom. The molecule has 1 heterocycles. The number of amides is 2. The Balaban J connectivity index is 1.48. The van der Waals surface area contributed by atoms with Crippen molar-refractivity contribution in [1.82, 2.24) is 4.72 Å². The van der Waals surface area contributed by atoms with E-state index in [1.807, 2.05) is 4.72 Å². The van der Waals surface area contributed by atoms with Crippen molar-refractivity contribution in [3.8, 4) is 0 Å². The molecule has 0 atom stereocenters. The number of thiophene rings is 1. The Morgan fingerprint density at radius 3 is 2.59 bits per heavy atom. The van der Waals surface area contributed by atoms with Crippen molar-refractivity contribution in [2.75, 3.05) is 18.5 Å². The van der Waals surface area contributed by atoms with Gasteiger partial charge in [0, 0.05) is 11.4 Å². The Labute approximate surface area is 196 Å². The maximum Gasteiger partial charge on any atom is 0.416 e. The highest BCUT2D eigenvalue weighted by Gasteiger charge is 2.31. The lowest BCUT2D eigenvalue weighted by molar-refractivity contribution is -0.147. The molecule has 14 heteroatoms. The summed E-state index contributed by atoms with van der Waals surface area (Å²) in [7, 11) is -4.30. The largest absolute Gasteiger partial charge is 0.456 e. The number of hydrogen-bond donors (Lipinski definition) is 3. The first-order valence-corrected chi connectivity index (χ1v) is 12.2.